The van der Waals surface area contributed by atoms with Crippen molar-refractivity contribution in [3.8, 4) is 0 Å². The minimum atomic E-state index is -0.284. The second kappa shape index (κ2) is 4.72. The summed E-state index contributed by atoms with van der Waals surface area (Å²) in [6.45, 7) is 5.80. The van der Waals surface area contributed by atoms with Crippen LogP contribution >= 0.6 is 34.5 Å². The van der Waals surface area contributed by atoms with Gasteiger partial charge in [0.15, 0.2) is 0 Å². The van der Waals surface area contributed by atoms with Crippen molar-refractivity contribution in [2.75, 3.05) is 0 Å². The predicted molar refractivity (Wildman–Crippen MR) is 79.1 cm³/mol. The van der Waals surface area contributed by atoms with Gasteiger partial charge in [-0.25, -0.2) is 0 Å². The molecule has 0 unspecified atom stereocenters. The van der Waals surface area contributed by atoms with Crippen LogP contribution < -0.4 is 5.32 Å². The summed E-state index contributed by atoms with van der Waals surface area (Å²) in [5.74, 6) is -0.148. The molecular formula is C13H13Cl2NOS. The van der Waals surface area contributed by atoms with Gasteiger partial charge in [-0.3, -0.25) is 4.79 Å². The Labute approximate surface area is 120 Å². The maximum absolute atomic E-state index is 12.1. The molecule has 0 atom stereocenters. The van der Waals surface area contributed by atoms with Gasteiger partial charge in [-0.15, -0.1) is 11.3 Å². The Morgan fingerprint density at radius 1 is 1.28 bits per heavy atom. The second-order valence-corrected chi connectivity index (χ2v) is 6.96. The third-order valence-corrected chi connectivity index (χ3v) is 4.18. The molecule has 96 valence electrons. The first-order valence-electron chi connectivity index (χ1n) is 5.48. The Hall–Kier alpha value is -0.770. The lowest BCUT2D eigenvalue weighted by Gasteiger charge is -2.19. The Balaban J connectivity index is 2.46. The van der Waals surface area contributed by atoms with Crippen LogP contribution in [0.1, 0.15) is 30.4 Å². The van der Waals surface area contributed by atoms with Gasteiger partial charge in [-0.05, 0) is 32.9 Å². The summed E-state index contributed by atoms with van der Waals surface area (Å²) in [6.07, 6.45) is 0. The van der Waals surface area contributed by atoms with E-state index in [-0.39, 0.29) is 11.4 Å². The van der Waals surface area contributed by atoms with Crippen LogP contribution in [0, 0.1) is 0 Å². The predicted octanol–water partition coefficient (Wildman–Crippen LogP) is 4.74. The molecule has 0 aliphatic rings. The van der Waals surface area contributed by atoms with Crippen LogP contribution in [-0.2, 0) is 0 Å². The SMILES string of the molecule is CC(C)(C)NC(=O)c1sc2cc(Cl)ccc2c1Cl. The molecule has 0 bridgehead atoms. The highest BCUT2D eigenvalue weighted by molar-refractivity contribution is 7.21. The normalized spacial score (nSPS) is 11.8. The van der Waals surface area contributed by atoms with Crippen LogP contribution in [0.5, 0.6) is 0 Å². The van der Waals surface area contributed by atoms with Crippen molar-refractivity contribution in [2.24, 2.45) is 0 Å². The lowest BCUT2D eigenvalue weighted by atomic mass is 10.1. The molecule has 0 saturated heterocycles. The smallest absolute Gasteiger partial charge is 0.263 e. The fraction of sp³-hybridized carbons (Fsp3) is 0.308. The first kappa shape index (κ1) is 13.7. The van der Waals surface area contributed by atoms with Crippen molar-refractivity contribution < 1.29 is 4.79 Å². The molecule has 0 aliphatic heterocycles. The van der Waals surface area contributed by atoms with Gasteiger partial charge in [0.2, 0.25) is 0 Å². The number of amides is 1. The number of benzene rings is 1. The Bertz CT molecular complexity index is 613. The molecule has 1 N–H and O–H groups in total. The van der Waals surface area contributed by atoms with Crippen molar-refractivity contribution in [2.45, 2.75) is 26.3 Å². The number of carbonyl (C=O) groups excluding carboxylic acids is 1. The molecule has 0 fully saturated rings. The Kier molecular flexibility index (Phi) is 3.58. The van der Waals surface area contributed by atoms with Gasteiger partial charge < -0.3 is 5.32 Å². The number of hydrogen-bond donors (Lipinski definition) is 1. The van der Waals surface area contributed by atoms with E-state index in [9.17, 15) is 4.79 Å². The van der Waals surface area contributed by atoms with Crippen LogP contribution in [0.4, 0.5) is 0 Å². The molecule has 1 amide bonds. The van der Waals surface area contributed by atoms with E-state index in [1.54, 1.807) is 6.07 Å². The molecule has 1 aromatic carbocycles. The van der Waals surface area contributed by atoms with E-state index in [2.05, 4.69) is 5.32 Å². The minimum Gasteiger partial charge on any atom is -0.347 e. The largest absolute Gasteiger partial charge is 0.347 e. The van der Waals surface area contributed by atoms with E-state index in [1.165, 1.54) is 11.3 Å². The van der Waals surface area contributed by atoms with E-state index in [0.29, 0.717) is 14.9 Å². The highest BCUT2D eigenvalue weighted by Crippen LogP contribution is 2.36. The first-order chi connectivity index (χ1) is 8.28. The maximum atomic E-state index is 12.1. The van der Waals surface area contributed by atoms with E-state index in [0.717, 1.165) is 10.1 Å². The van der Waals surface area contributed by atoms with Crippen molar-refractivity contribution in [1.82, 2.24) is 5.32 Å². The summed E-state index contributed by atoms with van der Waals surface area (Å²) in [5.41, 5.74) is -0.284. The van der Waals surface area contributed by atoms with E-state index >= 15 is 0 Å². The Morgan fingerprint density at radius 2 is 1.94 bits per heavy atom. The molecule has 2 aromatic rings. The lowest BCUT2D eigenvalue weighted by Crippen LogP contribution is -2.40. The molecule has 2 rings (SSSR count). The van der Waals surface area contributed by atoms with Crippen LogP contribution in [0.15, 0.2) is 18.2 Å². The van der Waals surface area contributed by atoms with Gasteiger partial charge in [-0.1, -0.05) is 29.3 Å². The topological polar surface area (TPSA) is 29.1 Å². The van der Waals surface area contributed by atoms with Gasteiger partial charge in [0, 0.05) is 20.6 Å². The van der Waals surface area contributed by atoms with Crippen molar-refractivity contribution in [3.05, 3.63) is 33.1 Å². The number of carbonyl (C=O) groups is 1. The fourth-order valence-corrected chi connectivity index (χ4v) is 3.27. The van der Waals surface area contributed by atoms with E-state index < -0.39 is 0 Å². The maximum Gasteiger partial charge on any atom is 0.263 e. The Morgan fingerprint density at radius 3 is 2.56 bits per heavy atom. The van der Waals surface area contributed by atoms with Crippen LogP contribution in [-0.4, -0.2) is 11.4 Å². The van der Waals surface area contributed by atoms with Gasteiger partial charge in [-0.2, -0.15) is 0 Å². The van der Waals surface area contributed by atoms with Gasteiger partial charge in [0.1, 0.15) is 4.88 Å². The molecule has 0 spiro atoms. The van der Waals surface area contributed by atoms with Crippen molar-refractivity contribution in [3.63, 3.8) is 0 Å². The summed E-state index contributed by atoms with van der Waals surface area (Å²) >= 11 is 13.5. The zero-order chi connectivity index (χ0) is 13.5. The highest BCUT2D eigenvalue weighted by atomic mass is 35.5. The molecule has 18 heavy (non-hydrogen) atoms. The molecule has 1 heterocycles. The number of fused-ring (bicyclic) bond motifs is 1. The molecule has 0 radical (unpaired) electrons. The van der Waals surface area contributed by atoms with E-state index in [1.807, 2.05) is 32.9 Å². The van der Waals surface area contributed by atoms with Gasteiger partial charge >= 0.3 is 0 Å². The molecule has 0 aliphatic carbocycles. The zero-order valence-electron chi connectivity index (χ0n) is 10.3. The highest BCUT2D eigenvalue weighted by Gasteiger charge is 2.21. The number of halogens is 2. The molecule has 2 nitrogen and oxygen atoms in total. The molecule has 1 aromatic heterocycles. The standard InChI is InChI=1S/C13H13Cl2NOS/c1-13(2,3)16-12(17)11-10(15)8-5-4-7(14)6-9(8)18-11/h4-6H,1-3H3,(H,16,17). The van der Waals surface area contributed by atoms with Crippen LogP contribution in [0.25, 0.3) is 10.1 Å². The van der Waals surface area contributed by atoms with Gasteiger partial charge in [0.05, 0.1) is 5.02 Å². The third kappa shape index (κ3) is 2.79. The molecular weight excluding hydrogens is 289 g/mol. The summed E-state index contributed by atoms with van der Waals surface area (Å²) in [4.78, 5) is 12.6. The minimum absolute atomic E-state index is 0.148. The third-order valence-electron chi connectivity index (χ3n) is 2.29. The van der Waals surface area contributed by atoms with Crippen molar-refractivity contribution >= 4 is 50.5 Å². The second-order valence-electron chi connectivity index (χ2n) is 5.09. The number of nitrogens with one attached hydrogen (secondary N) is 1. The number of hydrogen-bond acceptors (Lipinski definition) is 2. The lowest BCUT2D eigenvalue weighted by molar-refractivity contribution is 0.0924. The number of thiophene rings is 1. The van der Waals surface area contributed by atoms with Gasteiger partial charge in [0.25, 0.3) is 5.91 Å². The average Bonchev–Trinajstić information content (AvgIpc) is 2.53. The first-order valence-corrected chi connectivity index (χ1v) is 7.05. The summed E-state index contributed by atoms with van der Waals surface area (Å²) in [7, 11) is 0. The summed E-state index contributed by atoms with van der Waals surface area (Å²) in [6, 6.07) is 5.43. The molecule has 0 saturated carbocycles. The van der Waals surface area contributed by atoms with E-state index in [4.69, 9.17) is 23.2 Å². The number of rotatable bonds is 1. The van der Waals surface area contributed by atoms with Crippen LogP contribution in [0.3, 0.4) is 0 Å². The van der Waals surface area contributed by atoms with Crippen LogP contribution in [0.2, 0.25) is 10.0 Å². The quantitative estimate of drug-likeness (QED) is 0.810. The van der Waals surface area contributed by atoms with Crippen molar-refractivity contribution in [1.29, 1.82) is 0 Å². The summed E-state index contributed by atoms with van der Waals surface area (Å²) < 4.78 is 0.923. The molecule has 5 heteroatoms. The zero-order valence-corrected chi connectivity index (χ0v) is 12.6. The fourth-order valence-electron chi connectivity index (χ4n) is 1.58. The monoisotopic (exact) mass is 301 g/mol. The summed E-state index contributed by atoms with van der Waals surface area (Å²) in [5, 5.41) is 4.91. The average molecular weight is 302 g/mol.